The molecule has 2 aromatic rings. The first-order valence-corrected chi connectivity index (χ1v) is 5.79. The summed E-state index contributed by atoms with van der Waals surface area (Å²) in [6.07, 6.45) is 0.231. The molecule has 19 heavy (non-hydrogen) atoms. The molecule has 0 unspecified atom stereocenters. The predicted octanol–water partition coefficient (Wildman–Crippen LogP) is 1.24. The Hall–Kier alpha value is -2.37. The van der Waals surface area contributed by atoms with Crippen molar-refractivity contribution in [1.82, 2.24) is 9.55 Å². The summed E-state index contributed by atoms with van der Waals surface area (Å²) < 4.78 is 14.6. The van der Waals surface area contributed by atoms with Crippen LogP contribution in [0.3, 0.4) is 0 Å². The molecule has 2 rings (SSSR count). The van der Waals surface area contributed by atoms with Crippen LogP contribution in [0.25, 0.3) is 5.69 Å². The molecule has 0 radical (unpaired) electrons. The Morgan fingerprint density at radius 3 is 2.63 bits per heavy atom. The van der Waals surface area contributed by atoms with Gasteiger partial charge in [-0.3, -0.25) is 9.78 Å². The van der Waals surface area contributed by atoms with E-state index in [0.29, 0.717) is 5.56 Å². The second-order valence-electron chi connectivity index (χ2n) is 4.21. The number of aromatic amines is 1. The number of aryl methyl sites for hydroxylation is 1. The molecule has 1 heterocycles. The van der Waals surface area contributed by atoms with E-state index in [1.54, 1.807) is 19.9 Å². The van der Waals surface area contributed by atoms with Crippen LogP contribution in [-0.2, 0) is 6.42 Å². The summed E-state index contributed by atoms with van der Waals surface area (Å²) in [7, 11) is 0. The van der Waals surface area contributed by atoms with Gasteiger partial charge >= 0.3 is 5.69 Å². The van der Waals surface area contributed by atoms with Crippen LogP contribution < -0.4 is 11.2 Å². The molecule has 0 aliphatic rings. The molecule has 1 aromatic heterocycles. The van der Waals surface area contributed by atoms with Crippen molar-refractivity contribution >= 4 is 0 Å². The number of nitrogens with one attached hydrogen (secondary N) is 1. The minimum Gasteiger partial charge on any atom is -0.494 e. The largest absolute Gasteiger partial charge is 0.494 e. The zero-order chi connectivity index (χ0) is 14.2. The summed E-state index contributed by atoms with van der Waals surface area (Å²) in [5, 5.41) is 9.97. The number of hydrogen-bond acceptors (Lipinski definition) is 3. The number of benzene rings is 1. The summed E-state index contributed by atoms with van der Waals surface area (Å²) >= 11 is 0. The van der Waals surface area contributed by atoms with Gasteiger partial charge in [-0.05, 0) is 31.0 Å². The predicted molar refractivity (Wildman–Crippen MR) is 68.4 cm³/mol. The van der Waals surface area contributed by atoms with Crippen LogP contribution in [-0.4, -0.2) is 14.7 Å². The number of hydrogen-bond donors (Lipinski definition) is 2. The molecule has 6 heteroatoms. The van der Waals surface area contributed by atoms with E-state index in [1.807, 2.05) is 0 Å². The molecule has 0 aliphatic heterocycles. The number of nitrogens with zero attached hydrogens (tertiary/aromatic N) is 1. The second-order valence-corrected chi connectivity index (χ2v) is 4.21. The highest BCUT2D eigenvalue weighted by atomic mass is 19.1. The lowest BCUT2D eigenvalue weighted by molar-refractivity contribution is 0.420. The molecule has 0 aliphatic carbocycles. The van der Waals surface area contributed by atoms with Crippen molar-refractivity contribution in [3.63, 3.8) is 0 Å². The molecule has 100 valence electrons. The Morgan fingerprint density at radius 2 is 2.05 bits per heavy atom. The monoisotopic (exact) mass is 264 g/mol. The molecule has 1 aromatic carbocycles. The van der Waals surface area contributed by atoms with Gasteiger partial charge in [0.05, 0.1) is 11.3 Å². The van der Waals surface area contributed by atoms with Crippen LogP contribution >= 0.6 is 0 Å². The standard InChI is InChI=1S/C13H13FN2O3/c1-3-8-11(17)15-13(19)16(12(8)18)10-5-4-7(2)6-9(10)14/h4-6,18H,3H2,1-2H3,(H,15,17,19). The molecule has 0 amide bonds. The topological polar surface area (TPSA) is 75.1 Å². The maximum Gasteiger partial charge on any atom is 0.335 e. The van der Waals surface area contributed by atoms with Gasteiger partial charge in [0.25, 0.3) is 5.56 Å². The maximum atomic E-state index is 13.9. The Labute approximate surface area is 108 Å². The molecule has 0 bridgehead atoms. The quantitative estimate of drug-likeness (QED) is 0.857. The van der Waals surface area contributed by atoms with Crippen LogP contribution in [0, 0.1) is 12.7 Å². The summed E-state index contributed by atoms with van der Waals surface area (Å²) in [6, 6.07) is 4.24. The van der Waals surface area contributed by atoms with Gasteiger partial charge in [-0.15, -0.1) is 0 Å². The summed E-state index contributed by atoms with van der Waals surface area (Å²) in [4.78, 5) is 25.3. The van der Waals surface area contributed by atoms with E-state index >= 15 is 0 Å². The molecule has 0 fully saturated rings. The number of rotatable bonds is 2. The highest BCUT2D eigenvalue weighted by Gasteiger charge is 2.16. The Balaban J connectivity index is 2.83. The van der Waals surface area contributed by atoms with Gasteiger partial charge in [0, 0.05) is 0 Å². The molecule has 0 saturated heterocycles. The normalized spacial score (nSPS) is 10.7. The van der Waals surface area contributed by atoms with Gasteiger partial charge in [0.2, 0.25) is 5.88 Å². The molecule has 2 N–H and O–H groups in total. The first-order valence-electron chi connectivity index (χ1n) is 5.79. The average Bonchev–Trinajstić information content (AvgIpc) is 2.31. The zero-order valence-corrected chi connectivity index (χ0v) is 10.5. The van der Waals surface area contributed by atoms with Crippen LogP contribution in [0.4, 0.5) is 4.39 Å². The third-order valence-electron chi connectivity index (χ3n) is 2.88. The smallest absolute Gasteiger partial charge is 0.335 e. The van der Waals surface area contributed by atoms with Crippen LogP contribution in [0.15, 0.2) is 27.8 Å². The van der Waals surface area contributed by atoms with Gasteiger partial charge in [0.1, 0.15) is 5.82 Å². The van der Waals surface area contributed by atoms with E-state index in [0.717, 1.165) is 4.57 Å². The summed E-state index contributed by atoms with van der Waals surface area (Å²) in [6.45, 7) is 3.37. The van der Waals surface area contributed by atoms with Gasteiger partial charge in [0.15, 0.2) is 0 Å². The average molecular weight is 264 g/mol. The van der Waals surface area contributed by atoms with E-state index in [2.05, 4.69) is 4.98 Å². The van der Waals surface area contributed by atoms with Gasteiger partial charge in [-0.2, -0.15) is 0 Å². The number of halogens is 1. The van der Waals surface area contributed by atoms with Gasteiger partial charge < -0.3 is 5.11 Å². The third-order valence-corrected chi connectivity index (χ3v) is 2.88. The van der Waals surface area contributed by atoms with Crippen molar-refractivity contribution in [1.29, 1.82) is 0 Å². The van der Waals surface area contributed by atoms with Crippen molar-refractivity contribution in [2.75, 3.05) is 0 Å². The lowest BCUT2D eigenvalue weighted by Gasteiger charge is -2.11. The van der Waals surface area contributed by atoms with E-state index in [-0.39, 0.29) is 17.7 Å². The van der Waals surface area contributed by atoms with Crippen molar-refractivity contribution < 1.29 is 9.50 Å². The van der Waals surface area contributed by atoms with E-state index in [9.17, 15) is 19.1 Å². The Bertz CT molecular complexity index is 747. The first-order chi connectivity index (χ1) is 8.95. The van der Waals surface area contributed by atoms with Crippen LogP contribution in [0.2, 0.25) is 0 Å². The lowest BCUT2D eigenvalue weighted by Crippen LogP contribution is -2.31. The van der Waals surface area contributed by atoms with Crippen molar-refractivity contribution in [2.24, 2.45) is 0 Å². The fraction of sp³-hybridized carbons (Fsp3) is 0.231. The van der Waals surface area contributed by atoms with E-state index < -0.39 is 22.9 Å². The Kier molecular flexibility index (Phi) is 3.25. The minimum atomic E-state index is -0.873. The third kappa shape index (κ3) is 2.16. The van der Waals surface area contributed by atoms with Crippen molar-refractivity contribution in [2.45, 2.75) is 20.3 Å². The van der Waals surface area contributed by atoms with Gasteiger partial charge in [-0.25, -0.2) is 13.8 Å². The number of H-pyrrole nitrogens is 1. The highest BCUT2D eigenvalue weighted by molar-refractivity contribution is 5.40. The molecule has 0 saturated carbocycles. The highest BCUT2D eigenvalue weighted by Crippen LogP contribution is 2.19. The van der Waals surface area contributed by atoms with Crippen LogP contribution in [0.1, 0.15) is 18.1 Å². The number of aromatic nitrogens is 2. The van der Waals surface area contributed by atoms with Crippen molar-refractivity contribution in [3.05, 3.63) is 56.0 Å². The zero-order valence-electron chi connectivity index (χ0n) is 10.5. The molecular formula is C13H13FN2O3. The lowest BCUT2D eigenvalue weighted by atomic mass is 10.2. The fourth-order valence-corrected chi connectivity index (χ4v) is 1.90. The number of aromatic hydroxyl groups is 1. The molecule has 0 atom stereocenters. The molecule has 5 nitrogen and oxygen atoms in total. The Morgan fingerprint density at radius 1 is 1.37 bits per heavy atom. The minimum absolute atomic E-state index is 0.0413. The van der Waals surface area contributed by atoms with Crippen molar-refractivity contribution in [3.8, 4) is 11.6 Å². The maximum absolute atomic E-state index is 13.9. The molecule has 0 spiro atoms. The van der Waals surface area contributed by atoms with E-state index in [1.165, 1.54) is 12.1 Å². The first kappa shape index (κ1) is 13.1. The van der Waals surface area contributed by atoms with Gasteiger partial charge in [-0.1, -0.05) is 13.0 Å². The van der Waals surface area contributed by atoms with Crippen LogP contribution in [0.5, 0.6) is 5.88 Å². The second kappa shape index (κ2) is 4.72. The fourth-order valence-electron chi connectivity index (χ4n) is 1.90. The summed E-state index contributed by atoms with van der Waals surface area (Å²) in [5.41, 5.74) is -0.899. The van der Waals surface area contributed by atoms with E-state index in [4.69, 9.17) is 0 Å². The summed E-state index contributed by atoms with van der Waals surface area (Å²) in [5.74, 6) is -1.18. The molecular weight excluding hydrogens is 251 g/mol. The SMILES string of the molecule is CCc1c(O)n(-c2ccc(C)cc2F)c(=O)[nH]c1=O.